The fourth-order valence-electron chi connectivity index (χ4n) is 2.70. The molecular formula is C23H22BrClN2O3. The molecule has 0 bridgehead atoms. The number of methoxy groups -OCH3 is 2. The normalized spacial score (nSPS) is 10.8. The van der Waals surface area contributed by atoms with Crippen molar-refractivity contribution in [3.8, 4) is 17.2 Å². The minimum Gasteiger partial charge on any atom is -0.493 e. The first-order chi connectivity index (χ1) is 14.6. The number of hydrogen-bond acceptors (Lipinski definition) is 5. The molecule has 0 unspecified atom stereocenters. The van der Waals surface area contributed by atoms with Gasteiger partial charge in [-0.1, -0.05) is 29.8 Å². The highest BCUT2D eigenvalue weighted by Crippen LogP contribution is 2.28. The first-order valence-electron chi connectivity index (χ1n) is 9.22. The lowest BCUT2D eigenvalue weighted by atomic mass is 10.2. The Morgan fingerprint density at radius 2 is 1.60 bits per heavy atom. The van der Waals surface area contributed by atoms with Crippen LogP contribution in [-0.4, -0.2) is 20.4 Å². The molecule has 156 valence electrons. The molecule has 0 saturated heterocycles. The van der Waals surface area contributed by atoms with Crippen LogP contribution in [0.4, 0.5) is 0 Å². The molecule has 1 N–H and O–H groups in total. The highest BCUT2D eigenvalue weighted by molar-refractivity contribution is 9.10. The van der Waals surface area contributed by atoms with Gasteiger partial charge in [0.25, 0.3) is 0 Å². The van der Waals surface area contributed by atoms with Crippen LogP contribution >= 0.6 is 27.5 Å². The molecule has 3 aromatic carbocycles. The molecule has 3 rings (SSSR count). The molecule has 3 aromatic rings. The Hall–Kier alpha value is -2.70. The second-order valence-electron chi connectivity index (χ2n) is 6.39. The van der Waals surface area contributed by atoms with Crippen LogP contribution in [0.25, 0.3) is 0 Å². The number of halogens is 2. The van der Waals surface area contributed by atoms with Gasteiger partial charge < -0.3 is 19.6 Å². The maximum atomic E-state index is 5.91. The van der Waals surface area contributed by atoms with Crippen molar-refractivity contribution in [3.05, 3.63) is 86.8 Å². The van der Waals surface area contributed by atoms with Crippen LogP contribution in [0.5, 0.6) is 17.2 Å². The summed E-state index contributed by atoms with van der Waals surface area (Å²) >= 11 is 9.46. The smallest absolute Gasteiger partial charge is 0.161 e. The minimum absolute atomic E-state index is 0.468. The van der Waals surface area contributed by atoms with E-state index in [1.54, 1.807) is 20.4 Å². The van der Waals surface area contributed by atoms with Gasteiger partial charge >= 0.3 is 0 Å². The van der Waals surface area contributed by atoms with Gasteiger partial charge in [0.1, 0.15) is 12.4 Å². The van der Waals surface area contributed by atoms with E-state index in [0.29, 0.717) is 29.7 Å². The zero-order valence-corrected chi connectivity index (χ0v) is 19.0. The van der Waals surface area contributed by atoms with Gasteiger partial charge in [0.2, 0.25) is 0 Å². The van der Waals surface area contributed by atoms with Crippen LogP contribution in [0, 0.1) is 0 Å². The number of rotatable bonds is 9. The van der Waals surface area contributed by atoms with E-state index in [2.05, 4.69) is 26.5 Å². The molecule has 7 heteroatoms. The summed E-state index contributed by atoms with van der Waals surface area (Å²) in [6.07, 6.45) is 1.76. The molecule has 0 heterocycles. The number of nitrogens with zero attached hydrogens (tertiary/aromatic N) is 1. The van der Waals surface area contributed by atoms with Crippen molar-refractivity contribution in [2.45, 2.75) is 13.2 Å². The maximum Gasteiger partial charge on any atom is 0.161 e. The Morgan fingerprint density at radius 1 is 0.900 bits per heavy atom. The van der Waals surface area contributed by atoms with Gasteiger partial charge in [-0.15, -0.1) is 0 Å². The highest BCUT2D eigenvalue weighted by atomic mass is 79.9. The summed E-state index contributed by atoms with van der Waals surface area (Å²) in [7, 11) is 3.24. The van der Waals surface area contributed by atoms with Crippen LogP contribution in [0.1, 0.15) is 16.7 Å². The maximum absolute atomic E-state index is 5.91. The van der Waals surface area contributed by atoms with Gasteiger partial charge in [0.05, 0.1) is 31.5 Å². The summed E-state index contributed by atoms with van der Waals surface area (Å²) in [6.45, 7) is 1.04. The molecule has 0 aliphatic rings. The zero-order chi connectivity index (χ0) is 21.3. The van der Waals surface area contributed by atoms with Gasteiger partial charge in [0, 0.05) is 5.02 Å². The molecular weight excluding hydrogens is 468 g/mol. The van der Waals surface area contributed by atoms with Crippen molar-refractivity contribution >= 4 is 33.7 Å². The van der Waals surface area contributed by atoms with Gasteiger partial charge in [0.15, 0.2) is 11.5 Å². The lowest BCUT2D eigenvalue weighted by Crippen LogP contribution is -2.06. The first-order valence-corrected chi connectivity index (χ1v) is 10.4. The third kappa shape index (κ3) is 6.15. The largest absolute Gasteiger partial charge is 0.493 e. The van der Waals surface area contributed by atoms with E-state index in [1.807, 2.05) is 60.7 Å². The summed E-state index contributed by atoms with van der Waals surface area (Å²) in [6, 6.07) is 19.2. The Morgan fingerprint density at radius 3 is 2.30 bits per heavy atom. The monoisotopic (exact) mass is 488 g/mol. The topological polar surface area (TPSA) is 52.1 Å². The van der Waals surface area contributed by atoms with E-state index >= 15 is 0 Å². The van der Waals surface area contributed by atoms with E-state index in [-0.39, 0.29) is 0 Å². The van der Waals surface area contributed by atoms with Crippen molar-refractivity contribution in [2.75, 3.05) is 14.2 Å². The van der Waals surface area contributed by atoms with E-state index in [0.717, 1.165) is 26.9 Å². The Balaban J connectivity index is 1.53. The quantitative estimate of drug-likeness (QED) is 0.304. The van der Waals surface area contributed by atoms with Crippen LogP contribution in [-0.2, 0) is 13.2 Å². The number of nitrogens with one attached hydrogen (secondary N) is 1. The minimum atomic E-state index is 0.468. The highest BCUT2D eigenvalue weighted by Gasteiger charge is 2.05. The lowest BCUT2D eigenvalue weighted by Gasteiger charge is -2.10. The molecule has 0 saturated carbocycles. The molecule has 0 aliphatic carbocycles. The standard InChI is InChI=1S/C23H22BrClN2O3/c1-28-22-10-6-18(12-23(22)29-2)14-27-26-13-17-5-9-21(20(24)11-17)30-15-16-3-7-19(25)8-4-16/h3-13,27H,14-15H2,1-2H3/b26-13+. The van der Waals surface area contributed by atoms with E-state index in [4.69, 9.17) is 25.8 Å². The zero-order valence-electron chi connectivity index (χ0n) is 16.7. The second kappa shape index (κ2) is 10.9. The molecule has 30 heavy (non-hydrogen) atoms. The van der Waals surface area contributed by atoms with Crippen molar-refractivity contribution in [2.24, 2.45) is 5.10 Å². The van der Waals surface area contributed by atoms with E-state index in [1.165, 1.54) is 0 Å². The van der Waals surface area contributed by atoms with Crippen molar-refractivity contribution in [3.63, 3.8) is 0 Å². The summed E-state index contributed by atoms with van der Waals surface area (Å²) in [5.74, 6) is 2.16. The van der Waals surface area contributed by atoms with Crippen LogP contribution < -0.4 is 19.6 Å². The number of hydrazone groups is 1. The summed E-state index contributed by atoms with van der Waals surface area (Å²) in [5, 5.41) is 5.00. The van der Waals surface area contributed by atoms with E-state index in [9.17, 15) is 0 Å². The Labute approximate surface area is 189 Å². The Bertz CT molecular complexity index is 1010. The summed E-state index contributed by atoms with van der Waals surface area (Å²) in [5.41, 5.74) is 6.08. The van der Waals surface area contributed by atoms with Gasteiger partial charge in [-0.2, -0.15) is 5.10 Å². The average molecular weight is 490 g/mol. The molecule has 0 atom stereocenters. The predicted molar refractivity (Wildman–Crippen MR) is 124 cm³/mol. The van der Waals surface area contributed by atoms with Crippen LogP contribution in [0.15, 0.2) is 70.2 Å². The fourth-order valence-corrected chi connectivity index (χ4v) is 3.34. The third-order valence-corrected chi connectivity index (χ3v) is 5.17. The number of benzene rings is 3. The van der Waals surface area contributed by atoms with Crippen molar-refractivity contribution in [1.29, 1.82) is 0 Å². The van der Waals surface area contributed by atoms with E-state index < -0.39 is 0 Å². The van der Waals surface area contributed by atoms with Gasteiger partial charge in [-0.05, 0) is 75.1 Å². The fraction of sp³-hybridized carbons (Fsp3) is 0.174. The van der Waals surface area contributed by atoms with Crippen molar-refractivity contribution < 1.29 is 14.2 Å². The molecule has 0 spiro atoms. The van der Waals surface area contributed by atoms with Crippen LogP contribution in [0.2, 0.25) is 5.02 Å². The molecule has 0 aromatic heterocycles. The first kappa shape index (κ1) is 22.0. The number of ether oxygens (including phenoxy) is 3. The summed E-state index contributed by atoms with van der Waals surface area (Å²) < 4.78 is 17.3. The predicted octanol–water partition coefficient (Wildman–Crippen LogP) is 5.82. The second-order valence-corrected chi connectivity index (χ2v) is 7.68. The lowest BCUT2D eigenvalue weighted by molar-refractivity contribution is 0.304. The van der Waals surface area contributed by atoms with Crippen molar-refractivity contribution in [1.82, 2.24) is 5.43 Å². The third-order valence-electron chi connectivity index (χ3n) is 4.30. The molecule has 0 aliphatic heterocycles. The molecule has 0 radical (unpaired) electrons. The van der Waals surface area contributed by atoms with Gasteiger partial charge in [-0.25, -0.2) is 0 Å². The SMILES string of the molecule is COc1ccc(CN/N=C/c2ccc(OCc3ccc(Cl)cc3)c(Br)c2)cc1OC. The summed E-state index contributed by atoms with van der Waals surface area (Å²) in [4.78, 5) is 0. The molecule has 5 nitrogen and oxygen atoms in total. The molecule has 0 fully saturated rings. The number of hydrogen-bond donors (Lipinski definition) is 1. The Kier molecular flexibility index (Phi) is 7.99. The van der Waals surface area contributed by atoms with Gasteiger partial charge in [-0.3, -0.25) is 0 Å². The van der Waals surface area contributed by atoms with Crippen LogP contribution in [0.3, 0.4) is 0 Å². The average Bonchev–Trinajstić information content (AvgIpc) is 2.77. The molecule has 0 amide bonds.